The smallest absolute Gasteiger partial charge is 0.0978 e. The maximum Gasteiger partial charge on any atom is 0.0978 e. The molecule has 3 rings (SSSR count). The zero-order valence-corrected chi connectivity index (χ0v) is 14.1. The number of hydrogen-bond donors (Lipinski definition) is 1. The first kappa shape index (κ1) is 16.3. The minimum absolute atomic E-state index is 0.0779. The summed E-state index contributed by atoms with van der Waals surface area (Å²) in [6.45, 7) is 1.59. The van der Waals surface area contributed by atoms with Gasteiger partial charge >= 0.3 is 0 Å². The van der Waals surface area contributed by atoms with Gasteiger partial charge in [-0.15, -0.1) is 0 Å². The van der Waals surface area contributed by atoms with Gasteiger partial charge in [0.05, 0.1) is 6.10 Å². The van der Waals surface area contributed by atoms with Crippen LogP contribution in [-0.4, -0.2) is 28.1 Å². The van der Waals surface area contributed by atoms with E-state index in [1.165, 1.54) is 11.1 Å². The SMILES string of the molecule is CS(=O)c1ccc(CN[C@H]2CCCO[C@@H]2c2ccncc2)cc1. The van der Waals surface area contributed by atoms with Crippen molar-refractivity contribution in [2.75, 3.05) is 12.9 Å². The van der Waals surface area contributed by atoms with Crippen molar-refractivity contribution < 1.29 is 8.95 Å². The van der Waals surface area contributed by atoms with Gasteiger partial charge in [-0.1, -0.05) is 12.1 Å². The number of pyridine rings is 1. The minimum Gasteiger partial charge on any atom is -0.372 e. The number of benzene rings is 1. The third kappa shape index (κ3) is 4.25. The first-order chi connectivity index (χ1) is 11.2. The van der Waals surface area contributed by atoms with Gasteiger partial charge < -0.3 is 10.1 Å². The lowest BCUT2D eigenvalue weighted by molar-refractivity contribution is -0.0112. The molecule has 1 aromatic heterocycles. The summed E-state index contributed by atoms with van der Waals surface area (Å²) >= 11 is 0. The highest BCUT2D eigenvalue weighted by atomic mass is 32.2. The molecule has 1 N–H and O–H groups in total. The Bertz CT molecular complexity index is 646. The van der Waals surface area contributed by atoms with E-state index in [0.717, 1.165) is 30.9 Å². The number of nitrogens with one attached hydrogen (secondary N) is 1. The average molecular weight is 330 g/mol. The molecule has 0 aliphatic carbocycles. The lowest BCUT2D eigenvalue weighted by atomic mass is 9.96. The van der Waals surface area contributed by atoms with Crippen molar-refractivity contribution in [1.29, 1.82) is 0 Å². The summed E-state index contributed by atoms with van der Waals surface area (Å²) < 4.78 is 17.4. The number of hydrogen-bond acceptors (Lipinski definition) is 4. The standard InChI is InChI=1S/C18H22N2O2S/c1-23(21)16-6-4-14(5-7-16)13-20-17-3-2-12-22-18(17)15-8-10-19-11-9-15/h4-11,17-18,20H,2-3,12-13H2,1H3/t17-,18+,23?/m0/s1. The molecule has 2 heterocycles. The van der Waals surface area contributed by atoms with Gasteiger partial charge in [0.2, 0.25) is 0 Å². The summed E-state index contributed by atoms with van der Waals surface area (Å²) in [5, 5.41) is 3.61. The highest BCUT2D eigenvalue weighted by Crippen LogP contribution is 2.28. The minimum atomic E-state index is -0.922. The molecule has 0 spiro atoms. The molecule has 122 valence electrons. The summed E-state index contributed by atoms with van der Waals surface area (Å²) in [5.41, 5.74) is 2.37. The van der Waals surface area contributed by atoms with E-state index in [9.17, 15) is 4.21 Å². The van der Waals surface area contributed by atoms with Gasteiger partial charge in [-0.3, -0.25) is 9.19 Å². The highest BCUT2D eigenvalue weighted by Gasteiger charge is 2.26. The molecule has 1 saturated heterocycles. The van der Waals surface area contributed by atoms with Crippen molar-refractivity contribution in [3.63, 3.8) is 0 Å². The molecular weight excluding hydrogens is 308 g/mol. The molecule has 1 aliphatic heterocycles. The fraction of sp³-hybridized carbons (Fsp3) is 0.389. The van der Waals surface area contributed by atoms with Gasteiger partial charge in [0.25, 0.3) is 0 Å². The fourth-order valence-electron chi connectivity index (χ4n) is 2.92. The van der Waals surface area contributed by atoms with Gasteiger partial charge in [0, 0.05) is 53.5 Å². The van der Waals surface area contributed by atoms with E-state index >= 15 is 0 Å². The summed E-state index contributed by atoms with van der Waals surface area (Å²) in [6.07, 6.45) is 7.58. The third-order valence-corrected chi connectivity index (χ3v) is 5.12. The van der Waals surface area contributed by atoms with E-state index in [0.29, 0.717) is 6.04 Å². The summed E-state index contributed by atoms with van der Waals surface area (Å²) in [7, 11) is -0.922. The Kier molecular flexibility index (Phi) is 5.54. The average Bonchev–Trinajstić information content (AvgIpc) is 2.61. The molecule has 1 unspecified atom stereocenters. The Morgan fingerprint density at radius 1 is 1.22 bits per heavy atom. The molecule has 1 aliphatic rings. The number of nitrogens with zero attached hydrogens (tertiary/aromatic N) is 1. The van der Waals surface area contributed by atoms with Crippen molar-refractivity contribution in [2.45, 2.75) is 36.4 Å². The molecule has 1 aromatic carbocycles. The van der Waals surface area contributed by atoms with Crippen LogP contribution in [0.2, 0.25) is 0 Å². The topological polar surface area (TPSA) is 51.2 Å². The van der Waals surface area contributed by atoms with Crippen LogP contribution in [0.4, 0.5) is 0 Å². The van der Waals surface area contributed by atoms with Gasteiger partial charge in [0.15, 0.2) is 0 Å². The number of aromatic nitrogens is 1. The molecule has 3 atom stereocenters. The maximum atomic E-state index is 11.4. The molecule has 1 fully saturated rings. The van der Waals surface area contributed by atoms with E-state index in [2.05, 4.69) is 10.3 Å². The van der Waals surface area contributed by atoms with Gasteiger partial charge in [0.1, 0.15) is 0 Å². The molecule has 5 heteroatoms. The molecule has 0 bridgehead atoms. The van der Waals surface area contributed by atoms with Crippen LogP contribution in [0.15, 0.2) is 53.7 Å². The van der Waals surface area contributed by atoms with Crippen LogP contribution in [0.3, 0.4) is 0 Å². The lowest BCUT2D eigenvalue weighted by Crippen LogP contribution is -2.39. The first-order valence-corrected chi connectivity index (χ1v) is 9.47. The molecular formula is C18H22N2O2S. The summed E-state index contributed by atoms with van der Waals surface area (Å²) in [5.74, 6) is 0. The first-order valence-electron chi connectivity index (χ1n) is 7.91. The lowest BCUT2D eigenvalue weighted by Gasteiger charge is -2.33. The van der Waals surface area contributed by atoms with Crippen LogP contribution in [0.1, 0.15) is 30.1 Å². The van der Waals surface area contributed by atoms with Crippen LogP contribution < -0.4 is 5.32 Å². The predicted molar refractivity (Wildman–Crippen MR) is 91.6 cm³/mol. The highest BCUT2D eigenvalue weighted by molar-refractivity contribution is 7.84. The molecule has 0 radical (unpaired) electrons. The maximum absolute atomic E-state index is 11.4. The molecule has 0 amide bonds. The fourth-order valence-corrected chi connectivity index (χ4v) is 3.44. The van der Waals surface area contributed by atoms with E-state index in [-0.39, 0.29) is 6.10 Å². The normalized spacial score (nSPS) is 22.7. The van der Waals surface area contributed by atoms with Crippen molar-refractivity contribution in [3.05, 3.63) is 59.9 Å². The number of rotatable bonds is 5. The summed E-state index contributed by atoms with van der Waals surface area (Å²) in [6, 6.07) is 12.3. The van der Waals surface area contributed by atoms with Crippen molar-refractivity contribution in [3.8, 4) is 0 Å². The Balaban J connectivity index is 1.64. The molecule has 2 aromatic rings. The van der Waals surface area contributed by atoms with E-state index in [1.54, 1.807) is 6.26 Å². The van der Waals surface area contributed by atoms with Gasteiger partial charge in [-0.25, -0.2) is 0 Å². The predicted octanol–water partition coefficient (Wildman–Crippen LogP) is 2.83. The van der Waals surface area contributed by atoms with Crippen LogP contribution >= 0.6 is 0 Å². The van der Waals surface area contributed by atoms with Crippen LogP contribution in [0, 0.1) is 0 Å². The van der Waals surface area contributed by atoms with Gasteiger partial charge in [-0.05, 0) is 48.2 Å². The monoisotopic (exact) mass is 330 g/mol. The molecule has 0 saturated carbocycles. The van der Waals surface area contributed by atoms with Crippen LogP contribution in [0.5, 0.6) is 0 Å². The second-order valence-electron chi connectivity index (χ2n) is 5.80. The second-order valence-corrected chi connectivity index (χ2v) is 7.18. The third-order valence-electron chi connectivity index (χ3n) is 4.18. The zero-order chi connectivity index (χ0) is 16.1. The second kappa shape index (κ2) is 7.81. The van der Waals surface area contributed by atoms with Crippen molar-refractivity contribution >= 4 is 10.8 Å². The van der Waals surface area contributed by atoms with E-state index < -0.39 is 10.8 Å². The number of ether oxygens (including phenoxy) is 1. The van der Waals surface area contributed by atoms with Crippen molar-refractivity contribution in [1.82, 2.24) is 10.3 Å². The van der Waals surface area contributed by atoms with E-state index in [1.807, 2.05) is 48.8 Å². The Morgan fingerprint density at radius 2 is 1.96 bits per heavy atom. The Labute approximate surface area is 139 Å². The largest absolute Gasteiger partial charge is 0.372 e. The molecule has 4 nitrogen and oxygen atoms in total. The summed E-state index contributed by atoms with van der Waals surface area (Å²) in [4.78, 5) is 4.95. The Hall–Kier alpha value is -1.56. The molecule has 23 heavy (non-hydrogen) atoms. The van der Waals surface area contributed by atoms with Crippen molar-refractivity contribution in [2.24, 2.45) is 0 Å². The van der Waals surface area contributed by atoms with Crippen LogP contribution in [-0.2, 0) is 22.1 Å². The van der Waals surface area contributed by atoms with Crippen LogP contribution in [0.25, 0.3) is 0 Å². The zero-order valence-electron chi connectivity index (χ0n) is 13.3. The van der Waals surface area contributed by atoms with Gasteiger partial charge in [-0.2, -0.15) is 0 Å². The Morgan fingerprint density at radius 3 is 2.65 bits per heavy atom. The quantitative estimate of drug-likeness (QED) is 0.916. The van der Waals surface area contributed by atoms with E-state index in [4.69, 9.17) is 4.74 Å².